The number of hydrogen-bond donors (Lipinski definition) is 4. The fourth-order valence-electron chi connectivity index (χ4n) is 4.14. The van der Waals surface area contributed by atoms with E-state index in [9.17, 15) is 15.0 Å². The van der Waals surface area contributed by atoms with Gasteiger partial charge >= 0.3 is 0 Å². The Morgan fingerprint density at radius 2 is 1.89 bits per heavy atom. The SMILES string of the molecule is O=C(NC1CCCC1)C1CC(O)C(O)C2N=C(Nc3ccc(Cl)cc3)SC12. The molecule has 2 fully saturated rings. The number of carbonyl (C=O) groups excluding carboxylic acids is 1. The van der Waals surface area contributed by atoms with E-state index in [4.69, 9.17) is 11.6 Å². The summed E-state index contributed by atoms with van der Waals surface area (Å²) in [6.07, 6.45) is 2.70. The zero-order chi connectivity index (χ0) is 19.0. The summed E-state index contributed by atoms with van der Waals surface area (Å²) in [5.74, 6) is -0.398. The molecule has 0 bridgehead atoms. The van der Waals surface area contributed by atoms with Crippen LogP contribution in [0.3, 0.4) is 0 Å². The van der Waals surface area contributed by atoms with E-state index < -0.39 is 18.2 Å². The fourth-order valence-corrected chi connectivity index (χ4v) is 5.65. The minimum atomic E-state index is -0.956. The summed E-state index contributed by atoms with van der Waals surface area (Å²) in [7, 11) is 0. The molecule has 1 aromatic rings. The fraction of sp³-hybridized carbons (Fsp3) is 0.579. The number of nitrogens with zero attached hydrogens (tertiary/aromatic N) is 1. The predicted molar refractivity (Wildman–Crippen MR) is 108 cm³/mol. The van der Waals surface area contributed by atoms with E-state index in [1.165, 1.54) is 11.8 Å². The van der Waals surface area contributed by atoms with Crippen LogP contribution in [0.2, 0.25) is 5.02 Å². The Morgan fingerprint density at radius 1 is 1.19 bits per heavy atom. The van der Waals surface area contributed by atoms with Gasteiger partial charge in [0.15, 0.2) is 5.17 Å². The average Bonchev–Trinajstić information content (AvgIpc) is 3.30. The number of hydrogen-bond acceptors (Lipinski definition) is 6. The predicted octanol–water partition coefficient (Wildman–Crippen LogP) is 2.39. The van der Waals surface area contributed by atoms with Crippen LogP contribution in [0.4, 0.5) is 5.69 Å². The van der Waals surface area contributed by atoms with Gasteiger partial charge in [-0.2, -0.15) is 0 Å². The van der Waals surface area contributed by atoms with Gasteiger partial charge in [0.2, 0.25) is 5.91 Å². The van der Waals surface area contributed by atoms with Crippen LogP contribution < -0.4 is 10.6 Å². The molecule has 8 heteroatoms. The molecule has 3 aliphatic rings. The molecule has 5 atom stereocenters. The Kier molecular flexibility index (Phi) is 5.64. The summed E-state index contributed by atoms with van der Waals surface area (Å²) >= 11 is 7.39. The molecule has 1 aromatic carbocycles. The van der Waals surface area contributed by atoms with Crippen LogP contribution >= 0.6 is 23.4 Å². The molecule has 0 radical (unpaired) electrons. The van der Waals surface area contributed by atoms with Crippen molar-refractivity contribution in [3.05, 3.63) is 29.3 Å². The quantitative estimate of drug-likeness (QED) is 0.615. The molecule has 6 nitrogen and oxygen atoms in total. The maximum absolute atomic E-state index is 12.8. The normalized spacial score (nSPS) is 33.4. The average molecular weight is 410 g/mol. The number of aliphatic hydroxyl groups excluding tert-OH is 2. The van der Waals surface area contributed by atoms with Gasteiger partial charge in [0, 0.05) is 22.0 Å². The zero-order valence-electron chi connectivity index (χ0n) is 14.8. The van der Waals surface area contributed by atoms with Crippen LogP contribution in [-0.4, -0.2) is 50.8 Å². The van der Waals surface area contributed by atoms with E-state index in [1.54, 1.807) is 12.1 Å². The summed E-state index contributed by atoms with van der Waals surface area (Å²) in [6.45, 7) is 0. The first kappa shape index (κ1) is 19.1. The smallest absolute Gasteiger partial charge is 0.224 e. The van der Waals surface area contributed by atoms with Crippen molar-refractivity contribution in [2.24, 2.45) is 10.9 Å². The third-order valence-corrected chi connectivity index (χ3v) is 7.18. The molecule has 0 saturated heterocycles. The van der Waals surface area contributed by atoms with E-state index in [-0.39, 0.29) is 29.5 Å². The first-order valence-electron chi connectivity index (χ1n) is 9.45. The summed E-state index contributed by atoms with van der Waals surface area (Å²) < 4.78 is 0. The largest absolute Gasteiger partial charge is 0.390 e. The van der Waals surface area contributed by atoms with Crippen molar-refractivity contribution in [1.82, 2.24) is 5.32 Å². The van der Waals surface area contributed by atoms with Crippen molar-refractivity contribution in [3.63, 3.8) is 0 Å². The van der Waals surface area contributed by atoms with Gasteiger partial charge in [-0.1, -0.05) is 36.2 Å². The minimum absolute atomic E-state index is 0.0294. The Hall–Kier alpha value is -1.28. The number of aliphatic hydroxyl groups is 2. The van der Waals surface area contributed by atoms with Gasteiger partial charge in [-0.3, -0.25) is 9.79 Å². The van der Waals surface area contributed by atoms with E-state index >= 15 is 0 Å². The number of fused-ring (bicyclic) bond motifs is 1. The van der Waals surface area contributed by atoms with E-state index in [0.29, 0.717) is 10.2 Å². The van der Waals surface area contributed by atoms with E-state index in [0.717, 1.165) is 31.4 Å². The molecule has 4 rings (SSSR count). The maximum atomic E-state index is 12.8. The number of amides is 1. The molecule has 146 valence electrons. The van der Waals surface area contributed by atoms with Crippen LogP contribution in [0.15, 0.2) is 29.3 Å². The van der Waals surface area contributed by atoms with Crippen LogP contribution in [0.25, 0.3) is 0 Å². The molecule has 0 spiro atoms. The Labute approximate surface area is 167 Å². The van der Waals surface area contributed by atoms with Gasteiger partial charge in [0.25, 0.3) is 0 Å². The molecule has 1 aliphatic heterocycles. The first-order chi connectivity index (χ1) is 13.0. The Bertz CT molecular complexity index is 723. The number of halogens is 1. The minimum Gasteiger partial charge on any atom is -0.390 e. The molecule has 27 heavy (non-hydrogen) atoms. The lowest BCUT2D eigenvalue weighted by molar-refractivity contribution is -0.130. The number of rotatable bonds is 3. The zero-order valence-corrected chi connectivity index (χ0v) is 16.4. The summed E-state index contributed by atoms with van der Waals surface area (Å²) in [4.78, 5) is 17.4. The van der Waals surface area contributed by atoms with Crippen LogP contribution in [0.1, 0.15) is 32.1 Å². The van der Waals surface area contributed by atoms with Crippen molar-refractivity contribution in [3.8, 4) is 0 Å². The third kappa shape index (κ3) is 4.11. The Morgan fingerprint density at radius 3 is 2.59 bits per heavy atom. The van der Waals surface area contributed by atoms with Gasteiger partial charge in [-0.15, -0.1) is 0 Å². The maximum Gasteiger partial charge on any atom is 0.224 e. The number of thioether (sulfide) groups is 1. The number of benzene rings is 1. The van der Waals surface area contributed by atoms with Gasteiger partial charge in [0.1, 0.15) is 6.10 Å². The molecule has 1 heterocycles. The van der Waals surface area contributed by atoms with Crippen molar-refractivity contribution < 1.29 is 15.0 Å². The number of anilines is 1. The van der Waals surface area contributed by atoms with Gasteiger partial charge < -0.3 is 20.8 Å². The summed E-state index contributed by atoms with van der Waals surface area (Å²) in [5.41, 5.74) is 0.839. The van der Waals surface area contributed by atoms with E-state index in [2.05, 4.69) is 15.6 Å². The highest BCUT2D eigenvalue weighted by Gasteiger charge is 2.50. The van der Waals surface area contributed by atoms with Gasteiger partial charge in [-0.25, -0.2) is 0 Å². The van der Waals surface area contributed by atoms with Crippen LogP contribution in [0.5, 0.6) is 0 Å². The molecular formula is C19H24ClN3O3S. The topological polar surface area (TPSA) is 94.0 Å². The molecule has 2 saturated carbocycles. The van der Waals surface area contributed by atoms with Gasteiger partial charge in [-0.05, 0) is 43.5 Å². The summed E-state index contributed by atoms with van der Waals surface area (Å²) in [6, 6.07) is 7.01. The molecule has 1 amide bonds. The number of nitrogens with one attached hydrogen (secondary N) is 2. The monoisotopic (exact) mass is 409 g/mol. The molecule has 5 unspecified atom stereocenters. The molecule has 2 aliphatic carbocycles. The summed E-state index contributed by atoms with van der Waals surface area (Å²) in [5, 5.41) is 28.2. The van der Waals surface area contributed by atoms with E-state index in [1.807, 2.05) is 12.1 Å². The second-order valence-electron chi connectivity index (χ2n) is 7.53. The number of aliphatic imine (C=N–C) groups is 1. The third-order valence-electron chi connectivity index (χ3n) is 5.62. The van der Waals surface area contributed by atoms with Crippen LogP contribution in [-0.2, 0) is 4.79 Å². The van der Waals surface area contributed by atoms with Crippen molar-refractivity contribution in [2.45, 2.75) is 61.6 Å². The highest BCUT2D eigenvalue weighted by atomic mass is 35.5. The molecular weight excluding hydrogens is 386 g/mol. The second kappa shape index (κ2) is 7.99. The van der Waals surface area contributed by atoms with Crippen molar-refractivity contribution in [1.29, 1.82) is 0 Å². The van der Waals surface area contributed by atoms with Gasteiger partial charge in [0.05, 0.1) is 18.1 Å². The Balaban J connectivity index is 1.47. The van der Waals surface area contributed by atoms with Crippen LogP contribution in [0, 0.1) is 5.92 Å². The number of amidine groups is 1. The lowest BCUT2D eigenvalue weighted by Gasteiger charge is -2.37. The highest BCUT2D eigenvalue weighted by Crippen LogP contribution is 2.41. The molecule has 0 aromatic heterocycles. The molecule has 4 N–H and O–H groups in total. The lowest BCUT2D eigenvalue weighted by Crippen LogP contribution is -2.54. The number of carbonyl (C=O) groups is 1. The van der Waals surface area contributed by atoms with Crippen molar-refractivity contribution >= 4 is 40.1 Å². The highest BCUT2D eigenvalue weighted by molar-refractivity contribution is 8.15. The second-order valence-corrected chi connectivity index (χ2v) is 9.13. The first-order valence-corrected chi connectivity index (χ1v) is 10.7. The lowest BCUT2D eigenvalue weighted by atomic mass is 9.81. The standard InChI is InChI=1S/C19H24ClN3O3S/c20-10-5-7-12(8-6-10)22-19-23-15-16(25)14(24)9-13(17(15)27-19)18(26)21-11-3-1-2-4-11/h5-8,11,13-17,24-25H,1-4,9H2,(H,21,26)(H,22,23). The van der Waals surface area contributed by atoms with Crippen molar-refractivity contribution in [2.75, 3.05) is 5.32 Å².